The Hall–Kier alpha value is -1.97. The molecule has 0 aromatic heterocycles. The third kappa shape index (κ3) is 1.69. The van der Waals surface area contributed by atoms with Crippen LogP contribution in [0.5, 0.6) is 5.75 Å². The Morgan fingerprint density at radius 3 is 2.57 bits per heavy atom. The molecule has 0 spiro atoms. The number of hydrogen-bond acceptors (Lipinski definition) is 2. The van der Waals surface area contributed by atoms with Crippen LogP contribution in [-0.4, -0.2) is 11.1 Å². The lowest BCUT2D eigenvalue weighted by molar-refractivity contribution is 0.240. The van der Waals surface area contributed by atoms with Crippen LogP contribution in [0.4, 0.5) is 4.79 Å². The average Bonchev–Trinajstić information content (AvgIpc) is 2.19. The van der Waals surface area contributed by atoms with Gasteiger partial charge in [0.15, 0.2) is 0 Å². The topological polar surface area (TPSA) is 61.4 Å². The van der Waals surface area contributed by atoms with Crippen LogP contribution in [0.1, 0.15) is 11.6 Å². The first-order valence-corrected chi connectivity index (χ1v) is 4.28. The lowest BCUT2D eigenvalue weighted by atomic mass is 10.1. The molecule has 1 unspecified atom stereocenters. The maximum atomic E-state index is 11.0. The zero-order valence-electron chi connectivity index (χ0n) is 7.40. The lowest BCUT2D eigenvalue weighted by Crippen LogP contribution is -2.38. The van der Waals surface area contributed by atoms with Gasteiger partial charge in [0.05, 0.1) is 6.04 Å². The lowest BCUT2D eigenvalue weighted by Gasteiger charge is -2.19. The molecular formula is C10H10N2O2. The molecule has 1 aromatic rings. The van der Waals surface area contributed by atoms with Crippen LogP contribution in [0.25, 0.3) is 0 Å². The van der Waals surface area contributed by atoms with E-state index in [-0.39, 0.29) is 17.8 Å². The smallest absolute Gasteiger partial charge is 0.319 e. The van der Waals surface area contributed by atoms with Gasteiger partial charge in [-0.05, 0) is 23.8 Å². The van der Waals surface area contributed by atoms with Crippen molar-refractivity contribution >= 4 is 6.03 Å². The molecule has 4 nitrogen and oxygen atoms in total. The fourth-order valence-corrected chi connectivity index (χ4v) is 1.33. The van der Waals surface area contributed by atoms with Crippen molar-refractivity contribution in [3.8, 4) is 5.75 Å². The fourth-order valence-electron chi connectivity index (χ4n) is 1.33. The van der Waals surface area contributed by atoms with Crippen molar-refractivity contribution in [2.75, 3.05) is 0 Å². The molecule has 1 heterocycles. The molecular weight excluding hydrogens is 180 g/mol. The molecule has 0 saturated heterocycles. The fraction of sp³-hybridized carbons (Fsp3) is 0.100. The van der Waals surface area contributed by atoms with Crippen molar-refractivity contribution in [1.82, 2.24) is 10.6 Å². The first-order valence-electron chi connectivity index (χ1n) is 4.28. The summed E-state index contributed by atoms with van der Waals surface area (Å²) in [5, 5.41) is 14.3. The van der Waals surface area contributed by atoms with Crippen LogP contribution < -0.4 is 10.6 Å². The molecule has 2 amide bonds. The Kier molecular flexibility index (Phi) is 2.10. The van der Waals surface area contributed by atoms with Crippen LogP contribution in [0.3, 0.4) is 0 Å². The van der Waals surface area contributed by atoms with Crippen molar-refractivity contribution in [3.05, 3.63) is 42.1 Å². The molecule has 1 aliphatic rings. The molecule has 4 heteroatoms. The van der Waals surface area contributed by atoms with Gasteiger partial charge < -0.3 is 15.7 Å². The van der Waals surface area contributed by atoms with Crippen LogP contribution in [-0.2, 0) is 0 Å². The quantitative estimate of drug-likeness (QED) is 0.624. The van der Waals surface area contributed by atoms with Crippen LogP contribution in [0.2, 0.25) is 0 Å². The highest BCUT2D eigenvalue weighted by molar-refractivity contribution is 5.77. The van der Waals surface area contributed by atoms with E-state index in [4.69, 9.17) is 5.11 Å². The van der Waals surface area contributed by atoms with Gasteiger partial charge >= 0.3 is 6.03 Å². The molecule has 2 rings (SSSR count). The van der Waals surface area contributed by atoms with Crippen LogP contribution >= 0.6 is 0 Å². The maximum Gasteiger partial charge on any atom is 0.319 e. The van der Waals surface area contributed by atoms with E-state index in [2.05, 4.69) is 10.6 Å². The predicted molar refractivity (Wildman–Crippen MR) is 51.7 cm³/mol. The monoisotopic (exact) mass is 190 g/mol. The third-order valence-electron chi connectivity index (χ3n) is 2.04. The van der Waals surface area contributed by atoms with Gasteiger partial charge in [-0.25, -0.2) is 4.79 Å². The number of aromatic hydroxyl groups is 1. The minimum absolute atomic E-state index is 0.121. The number of phenolic OH excluding ortho intramolecular Hbond substituents is 1. The minimum Gasteiger partial charge on any atom is -0.508 e. The molecule has 0 saturated carbocycles. The SMILES string of the molecule is O=C1NC=CC(c2ccc(O)cc2)N1. The van der Waals surface area contributed by atoms with Crippen molar-refractivity contribution < 1.29 is 9.90 Å². The average molecular weight is 190 g/mol. The van der Waals surface area contributed by atoms with E-state index in [1.807, 2.05) is 6.08 Å². The van der Waals surface area contributed by atoms with Crippen molar-refractivity contribution in [2.24, 2.45) is 0 Å². The predicted octanol–water partition coefficient (Wildman–Crippen LogP) is 1.26. The first kappa shape index (κ1) is 8.62. The van der Waals surface area contributed by atoms with E-state index in [1.54, 1.807) is 30.5 Å². The Bertz CT molecular complexity index is 370. The molecule has 72 valence electrons. The summed E-state index contributed by atoms with van der Waals surface area (Å²) >= 11 is 0. The van der Waals surface area contributed by atoms with Crippen LogP contribution in [0, 0.1) is 0 Å². The number of carbonyl (C=O) groups excluding carboxylic acids is 1. The van der Waals surface area contributed by atoms with E-state index < -0.39 is 0 Å². The summed E-state index contributed by atoms with van der Waals surface area (Å²) in [5.74, 6) is 0.220. The summed E-state index contributed by atoms with van der Waals surface area (Å²) in [7, 11) is 0. The molecule has 1 atom stereocenters. The molecule has 0 radical (unpaired) electrons. The number of amides is 2. The minimum atomic E-state index is -0.217. The summed E-state index contributed by atoms with van der Waals surface area (Å²) in [5.41, 5.74) is 0.939. The highest BCUT2D eigenvalue weighted by Crippen LogP contribution is 2.18. The number of urea groups is 1. The van der Waals surface area contributed by atoms with E-state index in [1.165, 1.54) is 0 Å². The largest absolute Gasteiger partial charge is 0.508 e. The van der Waals surface area contributed by atoms with Crippen LogP contribution in [0.15, 0.2) is 36.5 Å². The van der Waals surface area contributed by atoms with Gasteiger partial charge in [-0.3, -0.25) is 0 Å². The summed E-state index contributed by atoms with van der Waals surface area (Å²) in [4.78, 5) is 11.0. The second-order valence-corrected chi connectivity index (χ2v) is 3.05. The molecule has 1 aromatic carbocycles. The van der Waals surface area contributed by atoms with Crippen molar-refractivity contribution in [1.29, 1.82) is 0 Å². The van der Waals surface area contributed by atoms with Gasteiger partial charge in [-0.1, -0.05) is 12.1 Å². The molecule has 0 fully saturated rings. The number of carbonyl (C=O) groups is 1. The van der Waals surface area contributed by atoms with Gasteiger partial charge in [-0.15, -0.1) is 0 Å². The summed E-state index contributed by atoms with van der Waals surface area (Å²) in [6.45, 7) is 0. The van der Waals surface area contributed by atoms with Gasteiger partial charge in [0.1, 0.15) is 5.75 Å². The molecule has 0 bridgehead atoms. The number of hydrogen-bond donors (Lipinski definition) is 3. The molecule has 3 N–H and O–H groups in total. The number of benzene rings is 1. The second kappa shape index (κ2) is 3.41. The second-order valence-electron chi connectivity index (χ2n) is 3.05. The van der Waals surface area contributed by atoms with E-state index in [9.17, 15) is 4.79 Å². The molecule has 1 aliphatic heterocycles. The number of rotatable bonds is 1. The molecule has 14 heavy (non-hydrogen) atoms. The molecule has 0 aliphatic carbocycles. The first-order chi connectivity index (χ1) is 6.75. The maximum absolute atomic E-state index is 11.0. The Labute approximate surface area is 81.3 Å². The van der Waals surface area contributed by atoms with Gasteiger partial charge in [0.25, 0.3) is 0 Å². The van der Waals surface area contributed by atoms with Gasteiger partial charge in [0, 0.05) is 6.20 Å². The van der Waals surface area contributed by atoms with Crippen molar-refractivity contribution in [3.63, 3.8) is 0 Å². The highest BCUT2D eigenvalue weighted by atomic mass is 16.3. The van der Waals surface area contributed by atoms with Gasteiger partial charge in [0.2, 0.25) is 0 Å². The highest BCUT2D eigenvalue weighted by Gasteiger charge is 2.13. The zero-order chi connectivity index (χ0) is 9.97. The van der Waals surface area contributed by atoms with E-state index >= 15 is 0 Å². The third-order valence-corrected chi connectivity index (χ3v) is 2.04. The number of phenols is 1. The summed E-state index contributed by atoms with van der Waals surface area (Å²) in [6, 6.07) is 6.40. The Morgan fingerprint density at radius 1 is 1.21 bits per heavy atom. The van der Waals surface area contributed by atoms with E-state index in [0.29, 0.717) is 0 Å². The Balaban J connectivity index is 2.22. The van der Waals surface area contributed by atoms with Gasteiger partial charge in [-0.2, -0.15) is 0 Å². The van der Waals surface area contributed by atoms with E-state index in [0.717, 1.165) is 5.56 Å². The van der Waals surface area contributed by atoms with Crippen molar-refractivity contribution in [2.45, 2.75) is 6.04 Å². The standard InChI is InChI=1S/C10H10N2O2/c13-8-3-1-7(2-4-8)9-5-6-11-10(14)12-9/h1-6,9,13H,(H2,11,12,14). The number of nitrogens with one attached hydrogen (secondary N) is 2. The summed E-state index contributed by atoms with van der Waals surface area (Å²) in [6.07, 6.45) is 3.45. The normalized spacial score (nSPS) is 20.0. The Morgan fingerprint density at radius 2 is 1.93 bits per heavy atom. The summed E-state index contributed by atoms with van der Waals surface area (Å²) < 4.78 is 0. The zero-order valence-corrected chi connectivity index (χ0v) is 7.40.